The van der Waals surface area contributed by atoms with Gasteiger partial charge in [0, 0.05) is 6.20 Å². The molecule has 0 aromatic carbocycles. The number of hydrogen-bond acceptors (Lipinski definition) is 5. The van der Waals surface area contributed by atoms with Crippen molar-refractivity contribution in [2.75, 3.05) is 18.5 Å². The average molecular weight is 205 g/mol. The zero-order chi connectivity index (χ0) is 11.1. The van der Waals surface area contributed by atoms with Gasteiger partial charge in [-0.25, -0.2) is 4.98 Å². The number of aromatic nitrogens is 1. The molecular formula is C10H11N3O2. The Labute approximate surface area is 87.7 Å². The van der Waals surface area contributed by atoms with E-state index in [2.05, 4.69) is 10.3 Å². The summed E-state index contributed by atoms with van der Waals surface area (Å²) in [5.74, 6) is 0.214. The molecule has 1 aromatic heterocycles. The van der Waals surface area contributed by atoms with E-state index < -0.39 is 0 Å². The van der Waals surface area contributed by atoms with Gasteiger partial charge >= 0.3 is 5.97 Å². The molecule has 1 aromatic rings. The van der Waals surface area contributed by atoms with Crippen LogP contribution in [0.2, 0.25) is 0 Å². The van der Waals surface area contributed by atoms with Crippen molar-refractivity contribution in [2.24, 2.45) is 0 Å². The van der Waals surface area contributed by atoms with Gasteiger partial charge in [0.05, 0.1) is 12.2 Å². The number of pyridine rings is 1. The van der Waals surface area contributed by atoms with E-state index in [4.69, 9.17) is 10.00 Å². The van der Waals surface area contributed by atoms with E-state index in [-0.39, 0.29) is 12.5 Å². The molecule has 0 amide bonds. The Morgan fingerprint density at radius 3 is 3.00 bits per heavy atom. The highest BCUT2D eigenvalue weighted by atomic mass is 16.5. The van der Waals surface area contributed by atoms with Gasteiger partial charge in [0.1, 0.15) is 18.4 Å². The summed E-state index contributed by atoms with van der Waals surface area (Å²) in [4.78, 5) is 14.9. The van der Waals surface area contributed by atoms with Crippen LogP contribution >= 0.6 is 0 Å². The molecule has 0 atom stereocenters. The maximum Gasteiger partial charge on any atom is 0.325 e. The zero-order valence-electron chi connectivity index (χ0n) is 8.36. The largest absolute Gasteiger partial charge is 0.465 e. The molecule has 1 rings (SSSR count). The fourth-order valence-corrected chi connectivity index (χ4v) is 0.939. The highest BCUT2D eigenvalue weighted by molar-refractivity contribution is 5.74. The Balaban J connectivity index is 2.45. The molecule has 0 aliphatic rings. The Kier molecular flexibility index (Phi) is 4.10. The van der Waals surface area contributed by atoms with Crippen LogP contribution in [0, 0.1) is 11.3 Å². The molecule has 0 bridgehead atoms. The number of anilines is 1. The summed E-state index contributed by atoms with van der Waals surface area (Å²) in [5.41, 5.74) is 0.483. The number of nitrogens with one attached hydrogen (secondary N) is 1. The smallest absolute Gasteiger partial charge is 0.325 e. The first-order chi connectivity index (χ1) is 7.26. The lowest BCUT2D eigenvalue weighted by molar-refractivity contribution is -0.140. The van der Waals surface area contributed by atoms with Crippen LogP contribution in [-0.4, -0.2) is 24.1 Å². The molecule has 0 saturated heterocycles. The van der Waals surface area contributed by atoms with Crippen LogP contribution in [0.25, 0.3) is 0 Å². The van der Waals surface area contributed by atoms with Crippen molar-refractivity contribution in [1.82, 2.24) is 4.98 Å². The zero-order valence-corrected chi connectivity index (χ0v) is 8.36. The number of nitrogens with zero attached hydrogens (tertiary/aromatic N) is 2. The van der Waals surface area contributed by atoms with Gasteiger partial charge in [0.2, 0.25) is 0 Å². The summed E-state index contributed by atoms with van der Waals surface area (Å²) in [6.07, 6.45) is 1.44. The third-order valence-electron chi connectivity index (χ3n) is 1.61. The first-order valence-corrected chi connectivity index (χ1v) is 4.52. The number of hydrogen-bond donors (Lipinski definition) is 1. The minimum atomic E-state index is -0.330. The predicted octanol–water partition coefficient (Wildman–Crippen LogP) is 0.928. The lowest BCUT2D eigenvalue weighted by Crippen LogP contribution is -2.17. The van der Waals surface area contributed by atoms with Crippen molar-refractivity contribution in [3.8, 4) is 6.07 Å². The summed E-state index contributed by atoms with van der Waals surface area (Å²) in [6, 6.07) is 5.22. The normalized spacial score (nSPS) is 9.07. The number of esters is 1. The first-order valence-electron chi connectivity index (χ1n) is 4.52. The number of carbonyl (C=O) groups is 1. The van der Waals surface area contributed by atoms with Gasteiger partial charge in [-0.1, -0.05) is 0 Å². The summed E-state index contributed by atoms with van der Waals surface area (Å²) >= 11 is 0. The van der Waals surface area contributed by atoms with Crippen LogP contribution in [0.4, 0.5) is 5.82 Å². The van der Waals surface area contributed by atoms with Crippen LogP contribution in [0.1, 0.15) is 12.5 Å². The van der Waals surface area contributed by atoms with Crippen LogP contribution in [0.3, 0.4) is 0 Å². The van der Waals surface area contributed by atoms with Gasteiger partial charge < -0.3 is 10.1 Å². The molecular weight excluding hydrogens is 194 g/mol. The van der Waals surface area contributed by atoms with Crippen LogP contribution in [0.5, 0.6) is 0 Å². The van der Waals surface area contributed by atoms with Crippen LogP contribution in [0.15, 0.2) is 18.3 Å². The third kappa shape index (κ3) is 3.65. The molecule has 1 heterocycles. The Hall–Kier alpha value is -2.09. The summed E-state index contributed by atoms with van der Waals surface area (Å²) < 4.78 is 4.73. The second-order valence-electron chi connectivity index (χ2n) is 2.70. The van der Waals surface area contributed by atoms with E-state index in [1.165, 1.54) is 6.20 Å². The number of ether oxygens (including phenoxy) is 1. The van der Waals surface area contributed by atoms with Crippen molar-refractivity contribution in [3.63, 3.8) is 0 Å². The first kappa shape index (κ1) is 11.0. The van der Waals surface area contributed by atoms with Crippen molar-refractivity contribution in [2.45, 2.75) is 6.92 Å². The molecule has 0 unspecified atom stereocenters. The average Bonchev–Trinajstić information content (AvgIpc) is 2.27. The third-order valence-corrected chi connectivity index (χ3v) is 1.61. The van der Waals surface area contributed by atoms with E-state index in [1.807, 2.05) is 6.07 Å². The van der Waals surface area contributed by atoms with E-state index >= 15 is 0 Å². The Morgan fingerprint density at radius 2 is 2.47 bits per heavy atom. The molecule has 0 aliphatic carbocycles. The number of carbonyl (C=O) groups excluding carboxylic acids is 1. The van der Waals surface area contributed by atoms with Gasteiger partial charge in [-0.3, -0.25) is 4.79 Å². The maximum atomic E-state index is 11.0. The molecule has 0 saturated carbocycles. The number of nitriles is 1. The molecule has 0 fully saturated rings. The van der Waals surface area contributed by atoms with E-state index in [9.17, 15) is 4.79 Å². The van der Waals surface area contributed by atoms with Crippen LogP contribution < -0.4 is 5.32 Å². The van der Waals surface area contributed by atoms with Gasteiger partial charge in [-0.15, -0.1) is 0 Å². The maximum absolute atomic E-state index is 11.0. The minimum Gasteiger partial charge on any atom is -0.465 e. The SMILES string of the molecule is CCOC(=O)CNc1ccc(C#N)cn1. The highest BCUT2D eigenvalue weighted by Crippen LogP contribution is 2.03. The molecule has 5 heteroatoms. The number of rotatable bonds is 4. The molecule has 5 nitrogen and oxygen atoms in total. The van der Waals surface area contributed by atoms with Crippen molar-refractivity contribution < 1.29 is 9.53 Å². The Bertz CT molecular complexity index is 367. The minimum absolute atomic E-state index is 0.0761. The van der Waals surface area contributed by atoms with E-state index in [0.29, 0.717) is 18.0 Å². The summed E-state index contributed by atoms with van der Waals surface area (Å²) in [6.45, 7) is 2.19. The second kappa shape index (κ2) is 5.60. The topological polar surface area (TPSA) is 75.0 Å². The fraction of sp³-hybridized carbons (Fsp3) is 0.300. The predicted molar refractivity (Wildman–Crippen MR) is 54.1 cm³/mol. The van der Waals surface area contributed by atoms with Crippen molar-refractivity contribution in [3.05, 3.63) is 23.9 Å². The lowest BCUT2D eigenvalue weighted by Gasteiger charge is -2.04. The van der Waals surface area contributed by atoms with Gasteiger partial charge in [-0.2, -0.15) is 5.26 Å². The van der Waals surface area contributed by atoms with Gasteiger partial charge in [0.15, 0.2) is 0 Å². The molecule has 1 N–H and O–H groups in total. The van der Waals surface area contributed by atoms with E-state index in [0.717, 1.165) is 0 Å². The quantitative estimate of drug-likeness (QED) is 0.740. The monoisotopic (exact) mass is 205 g/mol. The standard InChI is InChI=1S/C10H11N3O2/c1-2-15-10(14)7-13-9-4-3-8(5-11)6-12-9/h3-4,6H,2,7H2,1H3,(H,12,13). The Morgan fingerprint density at radius 1 is 1.67 bits per heavy atom. The van der Waals surface area contributed by atoms with Crippen LogP contribution in [-0.2, 0) is 9.53 Å². The molecule has 0 radical (unpaired) electrons. The lowest BCUT2D eigenvalue weighted by atomic mass is 10.3. The highest BCUT2D eigenvalue weighted by Gasteiger charge is 2.01. The summed E-state index contributed by atoms with van der Waals surface area (Å²) in [7, 11) is 0. The second-order valence-corrected chi connectivity index (χ2v) is 2.70. The molecule has 0 spiro atoms. The molecule has 78 valence electrons. The fourth-order valence-electron chi connectivity index (χ4n) is 0.939. The van der Waals surface area contributed by atoms with Gasteiger partial charge in [0.25, 0.3) is 0 Å². The molecule has 0 aliphatic heterocycles. The van der Waals surface area contributed by atoms with Crippen molar-refractivity contribution in [1.29, 1.82) is 5.26 Å². The van der Waals surface area contributed by atoms with E-state index in [1.54, 1.807) is 19.1 Å². The molecule has 15 heavy (non-hydrogen) atoms. The summed E-state index contributed by atoms with van der Waals surface area (Å²) in [5, 5.41) is 11.3. The van der Waals surface area contributed by atoms with Gasteiger partial charge in [-0.05, 0) is 19.1 Å². The van der Waals surface area contributed by atoms with Crippen molar-refractivity contribution >= 4 is 11.8 Å².